The van der Waals surface area contributed by atoms with Crippen LogP contribution < -0.4 is 10.1 Å². The molecule has 114 valence electrons. The summed E-state index contributed by atoms with van der Waals surface area (Å²) in [5, 5.41) is 20.5. The molecule has 0 saturated carbocycles. The summed E-state index contributed by atoms with van der Waals surface area (Å²) in [6, 6.07) is 11.7. The van der Waals surface area contributed by atoms with Crippen LogP contribution in [0.25, 0.3) is 0 Å². The van der Waals surface area contributed by atoms with Crippen LogP contribution in [0.2, 0.25) is 0 Å². The predicted molar refractivity (Wildman–Crippen MR) is 77.9 cm³/mol. The van der Waals surface area contributed by atoms with Crippen LogP contribution in [0.5, 0.6) is 5.75 Å². The molecular weight excluding hydrogens is 284 g/mol. The minimum absolute atomic E-state index is 0.0409. The van der Waals surface area contributed by atoms with E-state index in [9.17, 15) is 9.90 Å². The number of nitriles is 1. The van der Waals surface area contributed by atoms with Crippen LogP contribution in [-0.4, -0.2) is 24.2 Å². The lowest BCUT2D eigenvalue weighted by atomic mass is 10.1. The lowest BCUT2D eigenvalue weighted by Gasteiger charge is -2.14. The third-order valence-corrected chi connectivity index (χ3v) is 2.97. The Labute approximate surface area is 127 Å². The summed E-state index contributed by atoms with van der Waals surface area (Å²) in [6.07, 6.45) is 1.63. The number of hydrogen-bond acceptors (Lipinski definition) is 5. The van der Waals surface area contributed by atoms with Crippen LogP contribution in [-0.2, 0) is 11.2 Å². The van der Waals surface area contributed by atoms with Crippen LogP contribution >= 0.6 is 0 Å². The van der Waals surface area contributed by atoms with Crippen molar-refractivity contribution < 1.29 is 19.1 Å². The van der Waals surface area contributed by atoms with E-state index in [0.717, 1.165) is 5.56 Å². The molecular formula is C16H16N2O4. The highest BCUT2D eigenvalue weighted by atomic mass is 16.5. The zero-order valence-corrected chi connectivity index (χ0v) is 11.9. The third kappa shape index (κ3) is 4.36. The van der Waals surface area contributed by atoms with Gasteiger partial charge in [0.2, 0.25) is 5.91 Å². The smallest absolute Gasteiger partial charge is 0.225 e. The molecule has 1 unspecified atom stereocenters. The van der Waals surface area contributed by atoms with E-state index in [4.69, 9.17) is 14.4 Å². The second-order valence-corrected chi connectivity index (χ2v) is 4.59. The topological polar surface area (TPSA) is 95.5 Å². The number of ether oxygens (including phenoxy) is 1. The van der Waals surface area contributed by atoms with Crippen LogP contribution in [0.3, 0.4) is 0 Å². The van der Waals surface area contributed by atoms with Gasteiger partial charge in [-0.1, -0.05) is 12.1 Å². The zero-order chi connectivity index (χ0) is 15.8. The fourth-order valence-electron chi connectivity index (χ4n) is 1.99. The first kappa shape index (κ1) is 15.6. The van der Waals surface area contributed by atoms with Crippen molar-refractivity contribution in [1.82, 2.24) is 5.32 Å². The van der Waals surface area contributed by atoms with E-state index >= 15 is 0 Å². The highest BCUT2D eigenvalue weighted by Gasteiger charge is 2.16. The number of carbonyl (C=O) groups is 1. The predicted octanol–water partition coefficient (Wildman–Crippen LogP) is 1.57. The second-order valence-electron chi connectivity index (χ2n) is 4.59. The third-order valence-electron chi connectivity index (χ3n) is 2.97. The molecule has 1 atom stereocenters. The van der Waals surface area contributed by atoms with Gasteiger partial charge < -0.3 is 19.6 Å². The SMILES string of the molecule is N#CCOc1cccc(CC(=O)NC(CO)c2ccco2)c1. The Kier molecular flexibility index (Phi) is 5.57. The normalized spacial score (nSPS) is 11.5. The van der Waals surface area contributed by atoms with Crippen molar-refractivity contribution in [2.75, 3.05) is 13.2 Å². The van der Waals surface area contributed by atoms with E-state index < -0.39 is 6.04 Å². The molecule has 1 heterocycles. The van der Waals surface area contributed by atoms with Gasteiger partial charge in [-0.2, -0.15) is 5.26 Å². The van der Waals surface area contributed by atoms with Gasteiger partial charge in [0.1, 0.15) is 23.6 Å². The minimum Gasteiger partial charge on any atom is -0.479 e. The van der Waals surface area contributed by atoms with Crippen molar-refractivity contribution in [2.45, 2.75) is 12.5 Å². The average molecular weight is 300 g/mol. The zero-order valence-electron chi connectivity index (χ0n) is 11.9. The van der Waals surface area contributed by atoms with Crippen LogP contribution in [0.1, 0.15) is 17.4 Å². The average Bonchev–Trinajstić information content (AvgIpc) is 3.05. The summed E-state index contributed by atoms with van der Waals surface area (Å²) in [4.78, 5) is 12.0. The van der Waals surface area contributed by atoms with Gasteiger partial charge in [-0.25, -0.2) is 0 Å². The second kappa shape index (κ2) is 7.86. The summed E-state index contributed by atoms with van der Waals surface area (Å²) in [5.41, 5.74) is 0.754. The number of aliphatic hydroxyl groups excluding tert-OH is 1. The first-order valence-corrected chi connectivity index (χ1v) is 6.75. The molecule has 2 rings (SSSR count). The van der Waals surface area contributed by atoms with Crippen molar-refractivity contribution >= 4 is 5.91 Å². The molecule has 0 fully saturated rings. The van der Waals surface area contributed by atoms with Crippen molar-refractivity contribution in [1.29, 1.82) is 5.26 Å². The molecule has 1 aromatic heterocycles. The number of hydrogen-bond donors (Lipinski definition) is 2. The first-order valence-electron chi connectivity index (χ1n) is 6.75. The molecule has 0 aliphatic carbocycles. The lowest BCUT2D eigenvalue weighted by Crippen LogP contribution is -2.31. The maximum Gasteiger partial charge on any atom is 0.225 e. The van der Waals surface area contributed by atoms with Crippen molar-refractivity contribution in [3.8, 4) is 11.8 Å². The summed E-state index contributed by atoms with van der Waals surface area (Å²) in [6.45, 7) is -0.286. The molecule has 2 N–H and O–H groups in total. The quantitative estimate of drug-likeness (QED) is 0.809. The molecule has 0 aliphatic heterocycles. The van der Waals surface area contributed by atoms with Crippen LogP contribution in [0.4, 0.5) is 0 Å². The molecule has 6 nitrogen and oxygen atoms in total. The Hall–Kier alpha value is -2.78. The maximum atomic E-state index is 12.0. The van der Waals surface area contributed by atoms with Gasteiger partial charge in [0, 0.05) is 0 Å². The van der Waals surface area contributed by atoms with Gasteiger partial charge in [0.15, 0.2) is 6.61 Å². The Morgan fingerprint density at radius 2 is 2.27 bits per heavy atom. The van der Waals surface area contributed by atoms with Gasteiger partial charge >= 0.3 is 0 Å². The van der Waals surface area contributed by atoms with Crippen molar-refractivity contribution in [3.63, 3.8) is 0 Å². The summed E-state index contributed by atoms with van der Waals surface area (Å²) in [7, 11) is 0. The minimum atomic E-state index is -0.569. The Balaban J connectivity index is 1.95. The number of aliphatic hydroxyl groups is 1. The molecule has 0 spiro atoms. The molecule has 0 radical (unpaired) electrons. The number of carbonyl (C=O) groups excluding carboxylic acids is 1. The molecule has 1 aromatic carbocycles. The van der Waals surface area contributed by atoms with Gasteiger partial charge in [0.25, 0.3) is 0 Å². The number of rotatable bonds is 7. The van der Waals surface area contributed by atoms with Crippen molar-refractivity contribution in [2.24, 2.45) is 0 Å². The Bertz CT molecular complexity index is 646. The molecule has 1 amide bonds. The van der Waals surface area contributed by atoms with Crippen molar-refractivity contribution in [3.05, 3.63) is 54.0 Å². The number of amides is 1. The van der Waals surface area contributed by atoms with E-state index in [1.165, 1.54) is 6.26 Å². The largest absolute Gasteiger partial charge is 0.479 e. The highest BCUT2D eigenvalue weighted by Crippen LogP contribution is 2.15. The number of nitrogens with zero attached hydrogens (tertiary/aromatic N) is 1. The van der Waals surface area contributed by atoms with Crippen LogP contribution in [0.15, 0.2) is 47.1 Å². The molecule has 22 heavy (non-hydrogen) atoms. The monoisotopic (exact) mass is 300 g/mol. The highest BCUT2D eigenvalue weighted by molar-refractivity contribution is 5.79. The summed E-state index contributed by atoms with van der Waals surface area (Å²) in [5.74, 6) is 0.798. The molecule has 0 saturated heterocycles. The fraction of sp³-hybridized carbons (Fsp3) is 0.250. The molecule has 0 aliphatic rings. The number of benzene rings is 1. The van der Waals surface area contributed by atoms with Crippen LogP contribution in [0, 0.1) is 11.3 Å². The van der Waals surface area contributed by atoms with Gasteiger partial charge in [-0.15, -0.1) is 0 Å². The molecule has 6 heteroatoms. The van der Waals surface area contributed by atoms with Gasteiger partial charge in [-0.3, -0.25) is 4.79 Å². The molecule has 0 bridgehead atoms. The standard InChI is InChI=1S/C16H16N2O4/c17-6-8-21-13-4-1-3-12(9-13)10-16(20)18-14(11-19)15-5-2-7-22-15/h1-5,7,9,14,19H,8,10-11H2,(H,18,20). The van der Waals surface area contributed by atoms with E-state index in [1.807, 2.05) is 6.07 Å². The summed E-state index contributed by atoms with van der Waals surface area (Å²) >= 11 is 0. The molecule has 2 aromatic rings. The number of nitrogens with one attached hydrogen (secondary N) is 1. The lowest BCUT2D eigenvalue weighted by molar-refractivity contribution is -0.121. The maximum absolute atomic E-state index is 12.0. The Morgan fingerprint density at radius 1 is 1.41 bits per heavy atom. The first-order chi connectivity index (χ1) is 10.7. The van der Waals surface area contributed by atoms with Gasteiger partial charge in [0.05, 0.1) is 19.3 Å². The van der Waals surface area contributed by atoms with Gasteiger partial charge in [-0.05, 0) is 29.8 Å². The van der Waals surface area contributed by atoms with E-state index in [2.05, 4.69) is 5.32 Å². The fourth-order valence-corrected chi connectivity index (χ4v) is 1.99. The number of furan rings is 1. The Morgan fingerprint density at radius 3 is 2.95 bits per heavy atom. The van der Waals surface area contributed by atoms with E-state index in [1.54, 1.807) is 36.4 Å². The summed E-state index contributed by atoms with van der Waals surface area (Å²) < 4.78 is 10.4. The van der Waals surface area contributed by atoms with E-state index in [0.29, 0.717) is 11.5 Å². The van der Waals surface area contributed by atoms with E-state index in [-0.39, 0.29) is 25.5 Å².